The Morgan fingerprint density at radius 3 is 2.16 bits per heavy atom. The second kappa shape index (κ2) is 17.1. The van der Waals surface area contributed by atoms with Crippen LogP contribution in [-0.2, 0) is 23.2 Å². The minimum atomic E-state index is -0.954. The molecule has 0 bridgehead atoms. The number of rotatable bonds is 10. The van der Waals surface area contributed by atoms with E-state index in [0.29, 0.717) is 33.9 Å². The number of hydrogen-bond donors (Lipinski definition) is 1. The van der Waals surface area contributed by atoms with Crippen molar-refractivity contribution in [2.75, 3.05) is 78.0 Å². The Bertz CT molecular complexity index is 2540. The van der Waals surface area contributed by atoms with Crippen molar-refractivity contribution in [3.8, 4) is 22.6 Å². The minimum absolute atomic E-state index is 0.0767. The van der Waals surface area contributed by atoms with Crippen molar-refractivity contribution < 1.29 is 28.7 Å². The minimum Gasteiger partial charge on any atom is -0.496 e. The second-order valence-corrected chi connectivity index (χ2v) is 19.0. The van der Waals surface area contributed by atoms with Crippen LogP contribution in [0.25, 0.3) is 21.9 Å². The normalized spacial score (nSPS) is 22.6. The number of carbonyl (C=O) groups excluding carboxylic acids is 4. The quantitative estimate of drug-likeness (QED) is 0.227. The summed E-state index contributed by atoms with van der Waals surface area (Å²) in [6.45, 7) is 10.1. The van der Waals surface area contributed by atoms with E-state index >= 15 is 0 Å². The number of fused-ring (bicyclic) bond motifs is 2. The zero-order valence-corrected chi connectivity index (χ0v) is 37.1. The average molecular weight is 871 g/mol. The summed E-state index contributed by atoms with van der Waals surface area (Å²) >= 11 is 0. The Morgan fingerprint density at radius 1 is 0.766 bits per heavy atom. The fourth-order valence-electron chi connectivity index (χ4n) is 11.6. The van der Waals surface area contributed by atoms with Gasteiger partial charge in [0.2, 0.25) is 11.8 Å². The van der Waals surface area contributed by atoms with Gasteiger partial charge in [0.05, 0.1) is 36.3 Å². The second-order valence-electron chi connectivity index (χ2n) is 19.0. The SMILES string of the molecule is COc1cc(-c2cn(C)c(=O)c3cnccc23)cc(OC)c1CN1CCN(C2CCC3(CC2)CCN(CC2CN(c4ccc5c(c4)C(=O)N(C4CCC(=O)NC4=O)C5=O)C2)CC3)CC1. The van der Waals surface area contributed by atoms with Crippen LogP contribution in [0, 0.1) is 11.3 Å². The van der Waals surface area contributed by atoms with E-state index in [4.69, 9.17) is 9.47 Å². The van der Waals surface area contributed by atoms with Crippen molar-refractivity contribution in [3.63, 3.8) is 0 Å². The number of nitrogens with zero attached hydrogens (tertiary/aromatic N) is 7. The number of aryl methyl sites for hydroxylation is 1. The molecule has 336 valence electrons. The molecule has 4 aromatic rings. The third-order valence-corrected chi connectivity index (χ3v) is 15.4. The molecule has 5 aliphatic heterocycles. The third-order valence-electron chi connectivity index (χ3n) is 15.4. The highest BCUT2D eigenvalue weighted by Crippen LogP contribution is 2.46. The van der Waals surface area contributed by atoms with Gasteiger partial charge >= 0.3 is 0 Å². The molecule has 7 heterocycles. The van der Waals surface area contributed by atoms with Gasteiger partial charge in [0, 0.05) is 108 Å². The standard InChI is InChI=1S/C49H58N8O7/c1-52-29-39(35-10-15-50-25-38(35)46(52)60)32-22-42(63-2)40(43(23-32)64-3)30-54-18-20-55(21-19-54)33-8-11-49(12-9-33)13-16-53(17-14-49)26-31-27-56(28-31)34-4-5-36-37(24-34)48(62)57(47(36)61)41-6-7-44(58)51-45(41)59/h4-5,10,15,22-25,29,31,33,41H,6-9,11-14,16-21,26-28,30H2,1-3H3,(H,51,58,59). The van der Waals surface area contributed by atoms with Gasteiger partial charge in [-0.15, -0.1) is 0 Å². The lowest BCUT2D eigenvalue weighted by atomic mass is 9.66. The number of nitrogens with one attached hydrogen (secondary N) is 1. The van der Waals surface area contributed by atoms with Crippen LogP contribution < -0.4 is 25.2 Å². The fourth-order valence-corrected chi connectivity index (χ4v) is 11.6. The number of aromatic nitrogens is 2. The van der Waals surface area contributed by atoms with Gasteiger partial charge in [0.25, 0.3) is 17.4 Å². The maximum Gasteiger partial charge on any atom is 0.262 e. The molecular formula is C49H58N8O7. The molecule has 1 atom stereocenters. The molecule has 2 aromatic heterocycles. The number of anilines is 1. The zero-order valence-electron chi connectivity index (χ0n) is 37.1. The van der Waals surface area contributed by atoms with Crippen molar-refractivity contribution in [2.24, 2.45) is 18.4 Å². The number of pyridine rings is 2. The number of piperidine rings is 2. The molecule has 64 heavy (non-hydrogen) atoms. The summed E-state index contributed by atoms with van der Waals surface area (Å²) in [5, 5.41) is 3.69. The van der Waals surface area contributed by atoms with E-state index in [2.05, 4.69) is 42.0 Å². The van der Waals surface area contributed by atoms with Gasteiger partial charge in [0.15, 0.2) is 0 Å². The van der Waals surface area contributed by atoms with E-state index in [1.54, 1.807) is 50.4 Å². The summed E-state index contributed by atoms with van der Waals surface area (Å²) in [6, 6.07) is 11.1. The van der Waals surface area contributed by atoms with E-state index in [9.17, 15) is 24.0 Å². The van der Waals surface area contributed by atoms with Crippen molar-refractivity contribution >= 4 is 40.1 Å². The van der Waals surface area contributed by atoms with Gasteiger partial charge in [-0.25, -0.2) is 0 Å². The van der Waals surface area contributed by atoms with Crippen molar-refractivity contribution in [1.29, 1.82) is 0 Å². The van der Waals surface area contributed by atoms with E-state index in [1.807, 2.05) is 18.3 Å². The number of benzene rings is 2. The van der Waals surface area contributed by atoms with E-state index in [0.717, 1.165) is 110 Å². The molecule has 1 aliphatic carbocycles. The van der Waals surface area contributed by atoms with Crippen molar-refractivity contribution in [2.45, 2.75) is 70.0 Å². The van der Waals surface area contributed by atoms with E-state index in [1.165, 1.54) is 38.5 Å². The number of amides is 4. The van der Waals surface area contributed by atoms with Crippen molar-refractivity contribution in [3.05, 3.63) is 82.0 Å². The van der Waals surface area contributed by atoms with Crippen LogP contribution in [0.1, 0.15) is 77.6 Å². The first-order chi connectivity index (χ1) is 31.0. The fraction of sp³-hybridized carbons (Fsp3) is 0.510. The maximum absolute atomic E-state index is 13.3. The van der Waals surface area contributed by atoms with Gasteiger partial charge in [-0.1, -0.05) is 0 Å². The van der Waals surface area contributed by atoms with Crippen LogP contribution in [0.4, 0.5) is 5.69 Å². The van der Waals surface area contributed by atoms with E-state index in [-0.39, 0.29) is 24.3 Å². The maximum atomic E-state index is 13.3. The van der Waals surface area contributed by atoms with Crippen LogP contribution in [0.2, 0.25) is 0 Å². The number of carbonyl (C=O) groups is 4. The Hall–Kier alpha value is -5.64. The first-order valence-corrected chi connectivity index (χ1v) is 23.0. The molecule has 4 saturated heterocycles. The lowest BCUT2D eigenvalue weighted by Crippen LogP contribution is -2.54. The summed E-state index contributed by atoms with van der Waals surface area (Å²) in [5.74, 6) is 0.219. The number of piperazine rings is 1. The smallest absolute Gasteiger partial charge is 0.262 e. The van der Waals surface area contributed by atoms with E-state index < -0.39 is 23.8 Å². The summed E-state index contributed by atoms with van der Waals surface area (Å²) in [6.07, 6.45) is 13.2. The van der Waals surface area contributed by atoms with Gasteiger partial charge in [-0.05, 0) is 111 Å². The molecule has 4 amide bonds. The molecule has 2 aromatic carbocycles. The third kappa shape index (κ3) is 7.74. The zero-order chi connectivity index (χ0) is 44.3. The number of imide groups is 2. The molecule has 15 nitrogen and oxygen atoms in total. The Kier molecular flexibility index (Phi) is 11.3. The summed E-state index contributed by atoms with van der Waals surface area (Å²) in [4.78, 5) is 78.8. The lowest BCUT2D eigenvalue weighted by molar-refractivity contribution is -0.136. The van der Waals surface area contributed by atoms with Gasteiger partial charge in [0.1, 0.15) is 17.5 Å². The molecule has 1 spiro atoms. The number of likely N-dealkylation sites (tertiary alicyclic amines) is 1. The Morgan fingerprint density at radius 2 is 1.47 bits per heavy atom. The molecule has 1 unspecified atom stereocenters. The van der Waals surface area contributed by atoms with Gasteiger partial charge < -0.3 is 23.8 Å². The molecular weight excluding hydrogens is 813 g/mol. The number of hydrogen-bond acceptors (Lipinski definition) is 12. The summed E-state index contributed by atoms with van der Waals surface area (Å²) < 4.78 is 13.6. The molecule has 5 fully saturated rings. The highest BCUT2D eigenvalue weighted by atomic mass is 16.5. The van der Waals surface area contributed by atoms with Crippen molar-refractivity contribution in [1.82, 2.24) is 34.5 Å². The molecule has 15 heteroatoms. The van der Waals surface area contributed by atoms with Crippen LogP contribution in [-0.4, -0.2) is 138 Å². The predicted molar refractivity (Wildman–Crippen MR) is 242 cm³/mol. The van der Waals surface area contributed by atoms with Crippen LogP contribution >= 0.6 is 0 Å². The molecule has 10 rings (SSSR count). The predicted octanol–water partition coefficient (Wildman–Crippen LogP) is 4.30. The first kappa shape index (κ1) is 42.3. The lowest BCUT2D eigenvalue weighted by Gasteiger charge is -2.50. The van der Waals surface area contributed by atoms with Gasteiger partial charge in [-0.2, -0.15) is 0 Å². The first-order valence-electron chi connectivity index (χ1n) is 23.0. The Labute approximate surface area is 373 Å². The van der Waals surface area contributed by atoms with Gasteiger partial charge in [-0.3, -0.25) is 49.0 Å². The Balaban J connectivity index is 0.678. The summed E-state index contributed by atoms with van der Waals surface area (Å²) in [5.41, 5.74) is 4.86. The highest BCUT2D eigenvalue weighted by molar-refractivity contribution is 6.23. The summed E-state index contributed by atoms with van der Waals surface area (Å²) in [7, 11) is 5.19. The number of ether oxygens (including phenoxy) is 2. The average Bonchev–Trinajstić information content (AvgIpc) is 3.54. The monoisotopic (exact) mass is 870 g/mol. The number of methoxy groups -OCH3 is 2. The topological polar surface area (TPSA) is 150 Å². The molecule has 1 saturated carbocycles. The molecule has 0 radical (unpaired) electrons. The van der Waals surface area contributed by atoms with Crippen LogP contribution in [0.15, 0.2) is 59.8 Å². The van der Waals surface area contributed by atoms with Crippen LogP contribution in [0.5, 0.6) is 11.5 Å². The molecule has 1 N–H and O–H groups in total. The highest BCUT2D eigenvalue weighted by Gasteiger charge is 2.46. The molecule has 6 aliphatic rings. The van der Waals surface area contributed by atoms with Crippen LogP contribution in [0.3, 0.4) is 0 Å². The largest absolute Gasteiger partial charge is 0.496 e.